The highest BCUT2D eigenvalue weighted by Crippen LogP contribution is 2.24. The van der Waals surface area contributed by atoms with Crippen LogP contribution < -0.4 is 16.0 Å². The Bertz CT molecular complexity index is 723. The number of carbonyl (C=O) groups excluding carboxylic acids is 2. The Kier molecular flexibility index (Phi) is 5.78. The van der Waals surface area contributed by atoms with E-state index in [0.717, 1.165) is 16.9 Å². The zero-order valence-corrected chi connectivity index (χ0v) is 14.6. The van der Waals surface area contributed by atoms with Gasteiger partial charge in [0.25, 0.3) is 0 Å². The summed E-state index contributed by atoms with van der Waals surface area (Å²) in [6.07, 6.45) is 0.222. The van der Waals surface area contributed by atoms with Gasteiger partial charge in [-0.3, -0.25) is 4.79 Å². The zero-order valence-electron chi connectivity index (χ0n) is 14.6. The van der Waals surface area contributed by atoms with Gasteiger partial charge in [-0.2, -0.15) is 0 Å². The minimum absolute atomic E-state index is 0.124. The standard InChI is InChI=1S/C17H25N5O2/c1-11(2)22-14-8-6-5-7-13(14)21-16(22)12(3)20-15(23)9-10-19-17(24)18-4/h5-8,11-12H,9-10H2,1-4H3,(H,20,23)(H2,18,19,24)/t12-/m1/s1. The van der Waals surface area contributed by atoms with Crippen molar-refractivity contribution in [3.63, 3.8) is 0 Å². The van der Waals surface area contributed by atoms with Gasteiger partial charge in [0, 0.05) is 26.1 Å². The Balaban J connectivity index is 2.08. The molecule has 0 aliphatic heterocycles. The summed E-state index contributed by atoms with van der Waals surface area (Å²) >= 11 is 0. The number of hydrogen-bond donors (Lipinski definition) is 3. The summed E-state index contributed by atoms with van der Waals surface area (Å²) in [4.78, 5) is 27.8. The third kappa shape index (κ3) is 4.04. The molecule has 0 fully saturated rings. The maximum absolute atomic E-state index is 12.1. The van der Waals surface area contributed by atoms with Crippen molar-refractivity contribution in [3.8, 4) is 0 Å². The van der Waals surface area contributed by atoms with E-state index >= 15 is 0 Å². The molecule has 3 N–H and O–H groups in total. The van der Waals surface area contributed by atoms with Gasteiger partial charge >= 0.3 is 6.03 Å². The first kappa shape index (κ1) is 17.8. The molecule has 2 rings (SSSR count). The monoisotopic (exact) mass is 331 g/mol. The molecule has 1 heterocycles. The highest BCUT2D eigenvalue weighted by molar-refractivity contribution is 5.79. The van der Waals surface area contributed by atoms with E-state index in [9.17, 15) is 9.59 Å². The lowest BCUT2D eigenvalue weighted by atomic mass is 10.2. The van der Waals surface area contributed by atoms with Gasteiger partial charge in [-0.1, -0.05) is 12.1 Å². The van der Waals surface area contributed by atoms with Gasteiger partial charge in [-0.25, -0.2) is 9.78 Å². The van der Waals surface area contributed by atoms with Gasteiger partial charge in [0.15, 0.2) is 0 Å². The number of aromatic nitrogens is 2. The van der Waals surface area contributed by atoms with Crippen LogP contribution in [0.15, 0.2) is 24.3 Å². The van der Waals surface area contributed by atoms with Gasteiger partial charge in [0.05, 0.1) is 17.1 Å². The van der Waals surface area contributed by atoms with Crippen LogP contribution in [0.25, 0.3) is 11.0 Å². The van der Waals surface area contributed by atoms with Crippen LogP contribution in [0.4, 0.5) is 4.79 Å². The highest BCUT2D eigenvalue weighted by atomic mass is 16.2. The number of para-hydroxylation sites is 2. The number of amides is 3. The van der Waals surface area contributed by atoms with Crippen molar-refractivity contribution in [1.29, 1.82) is 0 Å². The van der Waals surface area contributed by atoms with E-state index < -0.39 is 0 Å². The van der Waals surface area contributed by atoms with Crippen molar-refractivity contribution in [1.82, 2.24) is 25.5 Å². The molecule has 7 nitrogen and oxygen atoms in total. The van der Waals surface area contributed by atoms with Crippen molar-refractivity contribution in [3.05, 3.63) is 30.1 Å². The summed E-state index contributed by atoms with van der Waals surface area (Å²) < 4.78 is 2.14. The number of carbonyl (C=O) groups is 2. The molecule has 0 bridgehead atoms. The second-order valence-corrected chi connectivity index (χ2v) is 5.97. The Labute approximate surface area is 141 Å². The summed E-state index contributed by atoms with van der Waals surface area (Å²) in [6.45, 7) is 6.40. The molecule has 0 radical (unpaired) electrons. The average molecular weight is 331 g/mol. The fourth-order valence-electron chi connectivity index (χ4n) is 2.67. The van der Waals surface area contributed by atoms with Crippen LogP contribution in [-0.2, 0) is 4.79 Å². The first-order valence-electron chi connectivity index (χ1n) is 8.15. The minimum atomic E-state index is -0.294. The summed E-state index contributed by atoms with van der Waals surface area (Å²) in [6, 6.07) is 7.68. The van der Waals surface area contributed by atoms with Gasteiger partial charge < -0.3 is 20.5 Å². The molecular formula is C17H25N5O2. The van der Waals surface area contributed by atoms with E-state index in [0.29, 0.717) is 6.54 Å². The van der Waals surface area contributed by atoms with Crippen LogP contribution >= 0.6 is 0 Å². The van der Waals surface area contributed by atoms with Crippen molar-refractivity contribution in [2.24, 2.45) is 0 Å². The van der Waals surface area contributed by atoms with Crippen molar-refractivity contribution < 1.29 is 9.59 Å². The second kappa shape index (κ2) is 7.81. The second-order valence-electron chi connectivity index (χ2n) is 5.97. The number of imidazole rings is 1. The molecule has 2 aromatic rings. The largest absolute Gasteiger partial charge is 0.346 e. The third-order valence-electron chi connectivity index (χ3n) is 3.77. The molecule has 0 aliphatic rings. The average Bonchev–Trinajstić information content (AvgIpc) is 2.94. The highest BCUT2D eigenvalue weighted by Gasteiger charge is 2.19. The lowest BCUT2D eigenvalue weighted by Crippen LogP contribution is -2.36. The van der Waals surface area contributed by atoms with E-state index in [2.05, 4.69) is 39.3 Å². The Hall–Kier alpha value is -2.57. The molecule has 7 heteroatoms. The number of benzene rings is 1. The maximum atomic E-state index is 12.1. The molecule has 24 heavy (non-hydrogen) atoms. The fraction of sp³-hybridized carbons (Fsp3) is 0.471. The molecule has 0 unspecified atom stereocenters. The van der Waals surface area contributed by atoms with E-state index in [1.165, 1.54) is 7.05 Å². The minimum Gasteiger partial charge on any atom is -0.346 e. The van der Waals surface area contributed by atoms with Crippen molar-refractivity contribution in [2.45, 2.75) is 39.3 Å². The summed E-state index contributed by atoms with van der Waals surface area (Å²) in [5.41, 5.74) is 1.98. The number of fused-ring (bicyclic) bond motifs is 1. The summed E-state index contributed by atoms with van der Waals surface area (Å²) in [5.74, 6) is 0.708. The lowest BCUT2D eigenvalue weighted by Gasteiger charge is -2.19. The zero-order chi connectivity index (χ0) is 17.7. The topological polar surface area (TPSA) is 88.1 Å². The third-order valence-corrected chi connectivity index (χ3v) is 3.77. The normalized spacial score (nSPS) is 12.2. The predicted molar refractivity (Wildman–Crippen MR) is 93.8 cm³/mol. The number of nitrogens with zero attached hydrogens (tertiary/aromatic N) is 2. The maximum Gasteiger partial charge on any atom is 0.314 e. The fourth-order valence-corrected chi connectivity index (χ4v) is 2.67. The van der Waals surface area contributed by atoms with Crippen LogP contribution in [-0.4, -0.2) is 35.1 Å². The van der Waals surface area contributed by atoms with Crippen LogP contribution in [0.1, 0.15) is 45.1 Å². The van der Waals surface area contributed by atoms with E-state index in [-0.39, 0.29) is 30.4 Å². The summed E-state index contributed by atoms with van der Waals surface area (Å²) in [7, 11) is 1.54. The summed E-state index contributed by atoms with van der Waals surface area (Å²) in [5, 5.41) is 7.99. The van der Waals surface area contributed by atoms with E-state index in [1.807, 2.05) is 31.2 Å². The number of urea groups is 1. The van der Waals surface area contributed by atoms with Crippen molar-refractivity contribution >= 4 is 23.0 Å². The molecule has 0 spiro atoms. The quantitative estimate of drug-likeness (QED) is 0.757. The molecule has 0 saturated carbocycles. The van der Waals surface area contributed by atoms with Crippen molar-refractivity contribution in [2.75, 3.05) is 13.6 Å². The van der Waals surface area contributed by atoms with Crippen LogP contribution in [0, 0.1) is 0 Å². The van der Waals surface area contributed by atoms with Crippen LogP contribution in [0.3, 0.4) is 0 Å². The Morgan fingerprint density at radius 2 is 1.92 bits per heavy atom. The number of rotatable bonds is 6. The van der Waals surface area contributed by atoms with Crippen LogP contribution in [0.2, 0.25) is 0 Å². The molecule has 1 atom stereocenters. The molecule has 130 valence electrons. The Morgan fingerprint density at radius 1 is 1.21 bits per heavy atom. The van der Waals surface area contributed by atoms with E-state index in [4.69, 9.17) is 0 Å². The van der Waals surface area contributed by atoms with Gasteiger partial charge in [0.1, 0.15) is 5.82 Å². The Morgan fingerprint density at radius 3 is 2.58 bits per heavy atom. The molecule has 0 aliphatic carbocycles. The molecule has 1 aromatic heterocycles. The number of hydrogen-bond acceptors (Lipinski definition) is 3. The predicted octanol–water partition coefficient (Wildman–Crippen LogP) is 2.11. The molecule has 0 saturated heterocycles. The molecular weight excluding hydrogens is 306 g/mol. The van der Waals surface area contributed by atoms with E-state index in [1.54, 1.807) is 0 Å². The first-order valence-corrected chi connectivity index (χ1v) is 8.15. The van der Waals surface area contributed by atoms with Crippen LogP contribution in [0.5, 0.6) is 0 Å². The number of nitrogens with one attached hydrogen (secondary N) is 3. The van der Waals surface area contributed by atoms with Gasteiger partial charge in [-0.15, -0.1) is 0 Å². The smallest absolute Gasteiger partial charge is 0.314 e. The first-order chi connectivity index (χ1) is 11.4. The lowest BCUT2D eigenvalue weighted by molar-refractivity contribution is -0.121. The molecule has 3 amide bonds. The van der Waals surface area contributed by atoms with Gasteiger partial charge in [0.2, 0.25) is 5.91 Å². The van der Waals surface area contributed by atoms with Gasteiger partial charge in [-0.05, 0) is 32.9 Å². The molecule has 1 aromatic carbocycles. The SMILES string of the molecule is CNC(=O)NCCC(=O)N[C@H](C)c1nc2ccccc2n1C(C)C.